The third-order valence-corrected chi connectivity index (χ3v) is 9.85. The molecule has 5 aromatic rings. The number of benzene rings is 1. The zero-order valence-electron chi connectivity index (χ0n) is 24.4. The van der Waals surface area contributed by atoms with Gasteiger partial charge < -0.3 is 15.5 Å². The van der Waals surface area contributed by atoms with Crippen molar-refractivity contribution in [3.8, 4) is 0 Å². The van der Waals surface area contributed by atoms with Crippen molar-refractivity contribution in [1.29, 1.82) is 0 Å². The lowest BCUT2D eigenvalue weighted by Gasteiger charge is -2.42. The molecule has 1 aliphatic heterocycles. The summed E-state index contributed by atoms with van der Waals surface area (Å²) in [6, 6.07) is 18.8. The molecule has 0 aliphatic carbocycles. The van der Waals surface area contributed by atoms with Crippen LogP contribution >= 0.6 is 23.1 Å². The number of amides is 2. The number of piperidine rings is 1. The smallest absolute Gasteiger partial charge is 0.273 e. The first-order valence-electron chi connectivity index (χ1n) is 14.4. The first-order chi connectivity index (χ1) is 21.9. The Kier molecular flexibility index (Phi) is 9.13. The van der Waals surface area contributed by atoms with Crippen LogP contribution in [0.4, 0.5) is 15.3 Å². The first-order valence-corrected chi connectivity index (χ1v) is 16.0. The van der Waals surface area contributed by atoms with Crippen LogP contribution in [0.1, 0.15) is 44.8 Å². The van der Waals surface area contributed by atoms with Crippen LogP contribution in [0.3, 0.4) is 0 Å². The van der Waals surface area contributed by atoms with Gasteiger partial charge in [0.05, 0.1) is 20.9 Å². The van der Waals surface area contributed by atoms with E-state index in [1.807, 2.05) is 54.3 Å². The van der Waals surface area contributed by atoms with E-state index in [4.69, 9.17) is 0 Å². The van der Waals surface area contributed by atoms with Gasteiger partial charge in [-0.25, -0.2) is 19.3 Å². The molecular formula is C33H30FN7O2S2. The van der Waals surface area contributed by atoms with Crippen molar-refractivity contribution in [2.45, 2.75) is 34.3 Å². The maximum atomic E-state index is 15.7. The molecule has 228 valence electrons. The average molecular weight is 640 g/mol. The molecule has 5 heterocycles. The minimum Gasteiger partial charge on any atom is -0.350 e. The van der Waals surface area contributed by atoms with Gasteiger partial charge >= 0.3 is 0 Å². The van der Waals surface area contributed by atoms with E-state index in [9.17, 15) is 9.59 Å². The Morgan fingerprint density at radius 2 is 1.78 bits per heavy atom. The fourth-order valence-electron chi connectivity index (χ4n) is 5.35. The van der Waals surface area contributed by atoms with Crippen LogP contribution in [0, 0.1) is 12.7 Å². The lowest BCUT2D eigenvalue weighted by Crippen LogP contribution is -2.50. The number of hydrogen-bond donors (Lipinski definition) is 2. The fourth-order valence-corrected chi connectivity index (χ4v) is 7.22. The molecule has 4 aromatic heterocycles. The summed E-state index contributed by atoms with van der Waals surface area (Å²) in [6.45, 7) is 3.29. The fraction of sp³-hybridized carbons (Fsp3) is 0.212. The summed E-state index contributed by atoms with van der Waals surface area (Å²) in [5, 5.41) is 6.75. The van der Waals surface area contributed by atoms with Gasteiger partial charge in [-0.2, -0.15) is 0 Å². The van der Waals surface area contributed by atoms with Gasteiger partial charge in [0.2, 0.25) is 0 Å². The lowest BCUT2D eigenvalue weighted by molar-refractivity contribution is 0.0655. The van der Waals surface area contributed by atoms with Gasteiger partial charge in [0.1, 0.15) is 5.82 Å². The van der Waals surface area contributed by atoms with Gasteiger partial charge in [0.25, 0.3) is 11.8 Å². The van der Waals surface area contributed by atoms with Gasteiger partial charge in [-0.05, 0) is 61.2 Å². The van der Waals surface area contributed by atoms with Gasteiger partial charge in [0, 0.05) is 49.8 Å². The summed E-state index contributed by atoms with van der Waals surface area (Å²) >= 11 is 2.54. The maximum Gasteiger partial charge on any atom is 0.273 e. The molecule has 1 saturated heterocycles. The van der Waals surface area contributed by atoms with Gasteiger partial charge in [-0.15, -0.1) is 0 Å². The molecule has 0 saturated carbocycles. The highest BCUT2D eigenvalue weighted by molar-refractivity contribution is 8.01. The van der Waals surface area contributed by atoms with Crippen molar-refractivity contribution in [2.75, 3.05) is 25.0 Å². The Bertz CT molecular complexity index is 1800. The molecule has 1 aromatic carbocycles. The van der Waals surface area contributed by atoms with Crippen molar-refractivity contribution >= 4 is 45.9 Å². The minimum absolute atomic E-state index is 0.0648. The number of rotatable bonds is 9. The molecule has 45 heavy (non-hydrogen) atoms. The summed E-state index contributed by atoms with van der Waals surface area (Å²) in [4.78, 5) is 45.3. The van der Waals surface area contributed by atoms with Crippen molar-refractivity contribution in [1.82, 2.24) is 30.2 Å². The molecule has 1 aliphatic rings. The highest BCUT2D eigenvalue weighted by Gasteiger charge is 2.38. The zero-order chi connectivity index (χ0) is 31.2. The predicted molar refractivity (Wildman–Crippen MR) is 173 cm³/mol. The molecule has 0 unspecified atom stereocenters. The third-order valence-electron chi connectivity index (χ3n) is 7.80. The summed E-state index contributed by atoms with van der Waals surface area (Å²) in [7, 11) is 0. The Morgan fingerprint density at radius 1 is 0.978 bits per heavy atom. The minimum atomic E-state index is -0.686. The SMILES string of the molecule is Cc1ccnc(Nc2ncc(Sc3ccnc(C(=O)NCC4(c5ccccc5)CCN(C(=O)c5cccnc5)CC4)c3F)s2)c1. The molecule has 2 N–H and O–H groups in total. The van der Waals surface area contributed by atoms with Crippen LogP contribution in [0.5, 0.6) is 0 Å². The highest BCUT2D eigenvalue weighted by atomic mass is 32.2. The number of anilines is 2. The van der Waals surface area contributed by atoms with Crippen LogP contribution < -0.4 is 10.6 Å². The molecular weight excluding hydrogens is 610 g/mol. The summed E-state index contributed by atoms with van der Waals surface area (Å²) in [5.41, 5.74) is 1.99. The first kappa shape index (κ1) is 30.4. The molecule has 1 fully saturated rings. The molecule has 2 amide bonds. The van der Waals surface area contributed by atoms with Crippen LogP contribution in [0.25, 0.3) is 0 Å². The number of hydrogen-bond acceptors (Lipinski definition) is 9. The van der Waals surface area contributed by atoms with E-state index in [0.29, 0.717) is 42.4 Å². The quantitative estimate of drug-likeness (QED) is 0.194. The van der Waals surface area contributed by atoms with Crippen LogP contribution in [-0.4, -0.2) is 56.3 Å². The number of halogens is 1. The van der Waals surface area contributed by atoms with Gasteiger partial charge in [-0.1, -0.05) is 53.4 Å². The van der Waals surface area contributed by atoms with Crippen molar-refractivity contribution in [3.05, 3.63) is 120 Å². The Labute approximate surface area is 268 Å². The number of likely N-dealkylation sites (tertiary alicyclic amines) is 1. The molecule has 0 spiro atoms. The number of nitrogens with one attached hydrogen (secondary N) is 2. The number of pyridine rings is 3. The standard InChI is InChI=1S/C33H30FN7O2S2/c1-22-9-14-36-26(18-22)40-32-38-20-27(45-32)44-25-10-15-37-29(28(25)34)30(42)39-21-33(24-7-3-2-4-8-24)11-16-41(17-12-33)31(43)23-6-5-13-35-19-23/h2-10,13-15,18-20H,11-12,16-17,21H2,1H3,(H,39,42)(H,36,38,40). The number of thiazole rings is 1. The third kappa shape index (κ3) is 7.02. The predicted octanol–water partition coefficient (Wildman–Crippen LogP) is 6.27. The van der Waals surface area contributed by atoms with E-state index < -0.39 is 17.1 Å². The van der Waals surface area contributed by atoms with Crippen LogP contribution in [-0.2, 0) is 5.41 Å². The molecule has 0 atom stereocenters. The molecule has 6 rings (SSSR count). The highest BCUT2D eigenvalue weighted by Crippen LogP contribution is 2.37. The van der Waals surface area contributed by atoms with E-state index in [0.717, 1.165) is 15.3 Å². The monoisotopic (exact) mass is 639 g/mol. The second kappa shape index (κ2) is 13.5. The number of aromatic nitrogens is 4. The number of carbonyl (C=O) groups excluding carboxylic acids is 2. The van der Waals surface area contributed by atoms with E-state index in [1.54, 1.807) is 43.0 Å². The Morgan fingerprint density at radius 3 is 2.53 bits per heavy atom. The molecule has 0 bridgehead atoms. The van der Waals surface area contributed by atoms with Gasteiger partial charge in [0.15, 0.2) is 16.6 Å². The second-order valence-electron chi connectivity index (χ2n) is 10.8. The second-order valence-corrected chi connectivity index (χ2v) is 13.1. The van der Waals surface area contributed by atoms with E-state index in [1.165, 1.54) is 29.3 Å². The van der Waals surface area contributed by atoms with Crippen LogP contribution in [0.2, 0.25) is 0 Å². The van der Waals surface area contributed by atoms with E-state index in [2.05, 4.69) is 30.6 Å². The zero-order valence-corrected chi connectivity index (χ0v) is 26.1. The summed E-state index contributed by atoms with van der Waals surface area (Å²) < 4.78 is 16.4. The van der Waals surface area contributed by atoms with E-state index >= 15 is 4.39 Å². The lowest BCUT2D eigenvalue weighted by atomic mass is 9.72. The largest absolute Gasteiger partial charge is 0.350 e. The number of nitrogens with zero attached hydrogens (tertiary/aromatic N) is 5. The van der Waals surface area contributed by atoms with Crippen molar-refractivity contribution in [3.63, 3.8) is 0 Å². The maximum absolute atomic E-state index is 15.7. The topological polar surface area (TPSA) is 113 Å². The van der Waals surface area contributed by atoms with Crippen molar-refractivity contribution < 1.29 is 14.0 Å². The van der Waals surface area contributed by atoms with Crippen LogP contribution in [0.15, 0.2) is 101 Å². The van der Waals surface area contributed by atoms with Gasteiger partial charge in [-0.3, -0.25) is 14.6 Å². The number of carbonyl (C=O) groups is 2. The average Bonchev–Trinajstić information content (AvgIpc) is 3.51. The molecule has 0 radical (unpaired) electrons. The van der Waals surface area contributed by atoms with E-state index in [-0.39, 0.29) is 23.0 Å². The summed E-state index contributed by atoms with van der Waals surface area (Å²) in [5.74, 6) is -0.663. The normalized spacial score (nSPS) is 14.1. The van der Waals surface area contributed by atoms with Crippen molar-refractivity contribution in [2.24, 2.45) is 0 Å². The number of aryl methyl sites for hydroxylation is 1. The molecule has 9 nitrogen and oxygen atoms in total. The Balaban J connectivity index is 1.13. The molecule has 12 heteroatoms. The summed E-state index contributed by atoms with van der Waals surface area (Å²) in [6.07, 6.45) is 9.29. The Hall–Kier alpha value is -4.68.